The maximum absolute atomic E-state index is 13.2. The summed E-state index contributed by atoms with van der Waals surface area (Å²) in [5.74, 6) is 2.07. The zero-order valence-electron chi connectivity index (χ0n) is 16.7. The van der Waals surface area contributed by atoms with Crippen LogP contribution in [-0.2, 0) is 6.42 Å². The van der Waals surface area contributed by atoms with Gasteiger partial charge in [0.2, 0.25) is 5.43 Å². The van der Waals surface area contributed by atoms with Gasteiger partial charge in [-0.05, 0) is 48.2 Å². The summed E-state index contributed by atoms with van der Waals surface area (Å²) in [6.45, 7) is 9.35. The van der Waals surface area contributed by atoms with Gasteiger partial charge in [-0.3, -0.25) is 4.79 Å². The lowest BCUT2D eigenvalue weighted by Gasteiger charge is -2.18. The van der Waals surface area contributed by atoms with Gasteiger partial charge in [-0.2, -0.15) is 0 Å². The number of aryl methyl sites for hydroxylation is 1. The van der Waals surface area contributed by atoms with Crippen LogP contribution in [0.1, 0.15) is 25.8 Å². The molecule has 0 saturated heterocycles. The van der Waals surface area contributed by atoms with Crippen LogP contribution in [0.25, 0.3) is 22.1 Å². The van der Waals surface area contributed by atoms with Gasteiger partial charge in [-0.25, -0.2) is 0 Å². The number of hydrogen-bond acceptors (Lipinski definition) is 5. The first-order valence-electron chi connectivity index (χ1n) is 9.82. The molecule has 5 nitrogen and oxygen atoms in total. The summed E-state index contributed by atoms with van der Waals surface area (Å²) in [6.07, 6.45) is 3.26. The Morgan fingerprint density at radius 3 is 2.69 bits per heavy atom. The molecule has 3 aromatic rings. The van der Waals surface area contributed by atoms with Crippen molar-refractivity contribution in [2.24, 2.45) is 0 Å². The molecule has 0 radical (unpaired) electrons. The molecule has 150 valence electrons. The van der Waals surface area contributed by atoms with Crippen LogP contribution >= 0.6 is 0 Å². The third kappa shape index (κ3) is 3.86. The highest BCUT2D eigenvalue weighted by molar-refractivity contribution is 5.84. The molecule has 1 aromatic heterocycles. The molecule has 0 aliphatic carbocycles. The normalized spacial score (nSPS) is 12.8. The standard InChI is InChI=1S/C24H24O5/c1-4-5-17-10-18-22(12-21(17)28-13-15(2)3)29-14-19(24(18)25)16-6-7-20-23(11-16)27-9-8-26-20/h6-7,10-12,14H,2,4-5,8-9,13H2,1,3H3. The Bertz CT molecular complexity index is 1130. The first kappa shape index (κ1) is 19.1. The summed E-state index contributed by atoms with van der Waals surface area (Å²) in [7, 11) is 0. The van der Waals surface area contributed by atoms with Gasteiger partial charge in [0.1, 0.15) is 37.4 Å². The van der Waals surface area contributed by atoms with E-state index in [0.29, 0.717) is 47.9 Å². The van der Waals surface area contributed by atoms with Crippen molar-refractivity contribution in [1.29, 1.82) is 0 Å². The molecule has 0 bridgehead atoms. The van der Waals surface area contributed by atoms with E-state index >= 15 is 0 Å². The average Bonchev–Trinajstić information content (AvgIpc) is 2.73. The Morgan fingerprint density at radius 2 is 1.93 bits per heavy atom. The molecule has 0 amide bonds. The van der Waals surface area contributed by atoms with Gasteiger partial charge in [0.05, 0.1) is 10.9 Å². The van der Waals surface area contributed by atoms with Crippen LogP contribution < -0.4 is 19.6 Å². The highest BCUT2D eigenvalue weighted by Crippen LogP contribution is 2.34. The van der Waals surface area contributed by atoms with Gasteiger partial charge >= 0.3 is 0 Å². The number of rotatable bonds is 6. The first-order chi connectivity index (χ1) is 14.1. The molecule has 2 aromatic carbocycles. The lowest BCUT2D eigenvalue weighted by Crippen LogP contribution is -2.15. The van der Waals surface area contributed by atoms with Crippen LogP contribution in [0.3, 0.4) is 0 Å². The van der Waals surface area contributed by atoms with Gasteiger partial charge in [0.25, 0.3) is 0 Å². The molecule has 0 saturated carbocycles. The molecule has 5 heteroatoms. The smallest absolute Gasteiger partial charge is 0.200 e. The molecule has 0 unspecified atom stereocenters. The lowest BCUT2D eigenvalue weighted by molar-refractivity contribution is 0.171. The van der Waals surface area contributed by atoms with Crippen LogP contribution in [-0.4, -0.2) is 19.8 Å². The van der Waals surface area contributed by atoms with E-state index in [-0.39, 0.29) is 5.43 Å². The van der Waals surface area contributed by atoms with Crippen molar-refractivity contribution in [3.63, 3.8) is 0 Å². The average molecular weight is 392 g/mol. The molecule has 0 fully saturated rings. The summed E-state index contributed by atoms with van der Waals surface area (Å²) in [5, 5.41) is 0.545. The zero-order chi connectivity index (χ0) is 20.4. The van der Waals surface area contributed by atoms with E-state index in [1.165, 1.54) is 6.26 Å². The second-order valence-corrected chi connectivity index (χ2v) is 7.29. The Morgan fingerprint density at radius 1 is 1.14 bits per heavy atom. The summed E-state index contributed by atoms with van der Waals surface area (Å²) < 4.78 is 22.9. The van der Waals surface area contributed by atoms with Crippen LogP contribution in [0, 0.1) is 0 Å². The zero-order valence-corrected chi connectivity index (χ0v) is 16.7. The van der Waals surface area contributed by atoms with Gasteiger partial charge < -0.3 is 18.6 Å². The molecular formula is C24H24O5. The van der Waals surface area contributed by atoms with Gasteiger partial charge in [0.15, 0.2) is 11.5 Å². The second-order valence-electron chi connectivity index (χ2n) is 7.29. The minimum absolute atomic E-state index is 0.0771. The third-order valence-electron chi connectivity index (χ3n) is 4.80. The van der Waals surface area contributed by atoms with E-state index in [1.807, 2.05) is 31.2 Å². The van der Waals surface area contributed by atoms with Crippen LogP contribution in [0.15, 0.2) is 58.0 Å². The van der Waals surface area contributed by atoms with Crippen LogP contribution in [0.2, 0.25) is 0 Å². The molecule has 1 aliphatic heterocycles. The monoisotopic (exact) mass is 392 g/mol. The number of fused-ring (bicyclic) bond motifs is 2. The maximum Gasteiger partial charge on any atom is 0.200 e. The van der Waals surface area contributed by atoms with Crippen molar-refractivity contribution in [3.05, 3.63) is 64.5 Å². The van der Waals surface area contributed by atoms with Crippen molar-refractivity contribution in [2.75, 3.05) is 19.8 Å². The first-order valence-corrected chi connectivity index (χ1v) is 9.82. The summed E-state index contributed by atoms with van der Waals surface area (Å²) in [4.78, 5) is 13.2. The van der Waals surface area contributed by atoms with Gasteiger partial charge in [-0.1, -0.05) is 26.0 Å². The highest BCUT2D eigenvalue weighted by Gasteiger charge is 2.17. The van der Waals surface area contributed by atoms with Crippen molar-refractivity contribution < 1.29 is 18.6 Å². The minimum atomic E-state index is -0.0771. The number of benzene rings is 2. The lowest BCUT2D eigenvalue weighted by atomic mass is 10.0. The van der Waals surface area contributed by atoms with Crippen molar-refractivity contribution in [2.45, 2.75) is 26.7 Å². The molecule has 29 heavy (non-hydrogen) atoms. The number of ether oxygens (including phenoxy) is 3. The van der Waals surface area contributed by atoms with E-state index < -0.39 is 0 Å². The minimum Gasteiger partial charge on any atom is -0.489 e. The quantitative estimate of drug-likeness (QED) is 0.544. The predicted molar refractivity (Wildman–Crippen MR) is 113 cm³/mol. The predicted octanol–water partition coefficient (Wildman–Crippen LogP) is 5.14. The van der Waals surface area contributed by atoms with Gasteiger partial charge in [-0.15, -0.1) is 0 Å². The fraction of sp³-hybridized carbons (Fsp3) is 0.292. The molecule has 0 spiro atoms. The van der Waals surface area contributed by atoms with Crippen LogP contribution in [0.4, 0.5) is 0 Å². The Labute approximate surface area is 169 Å². The fourth-order valence-corrected chi connectivity index (χ4v) is 3.41. The molecule has 1 aliphatic rings. The highest BCUT2D eigenvalue weighted by atomic mass is 16.6. The Balaban J connectivity index is 1.79. The molecule has 0 N–H and O–H groups in total. The largest absolute Gasteiger partial charge is 0.489 e. The van der Waals surface area contributed by atoms with E-state index in [2.05, 4.69) is 13.5 Å². The topological polar surface area (TPSA) is 57.9 Å². The van der Waals surface area contributed by atoms with Gasteiger partial charge in [0, 0.05) is 6.07 Å². The molecule has 2 heterocycles. The molecule has 0 atom stereocenters. The fourth-order valence-electron chi connectivity index (χ4n) is 3.41. The van der Waals surface area contributed by atoms with E-state index in [0.717, 1.165) is 35.3 Å². The molecular weight excluding hydrogens is 368 g/mol. The van der Waals surface area contributed by atoms with Crippen LogP contribution in [0.5, 0.6) is 17.2 Å². The summed E-state index contributed by atoms with van der Waals surface area (Å²) in [5.41, 5.74) is 3.59. The SMILES string of the molecule is C=C(C)COc1cc2occ(-c3ccc4c(c3)OCCO4)c(=O)c2cc1CCC. The van der Waals surface area contributed by atoms with E-state index in [4.69, 9.17) is 18.6 Å². The summed E-state index contributed by atoms with van der Waals surface area (Å²) >= 11 is 0. The number of hydrogen-bond donors (Lipinski definition) is 0. The Kier molecular flexibility index (Phi) is 5.30. The maximum atomic E-state index is 13.2. The van der Waals surface area contributed by atoms with Crippen molar-refractivity contribution >= 4 is 11.0 Å². The third-order valence-corrected chi connectivity index (χ3v) is 4.80. The molecule has 4 rings (SSSR count). The van der Waals surface area contributed by atoms with Crippen molar-refractivity contribution in [3.8, 4) is 28.4 Å². The second kappa shape index (κ2) is 8.03. The van der Waals surface area contributed by atoms with Crippen molar-refractivity contribution in [1.82, 2.24) is 0 Å². The summed E-state index contributed by atoms with van der Waals surface area (Å²) in [6, 6.07) is 9.19. The Hall–Kier alpha value is -3.21. The van der Waals surface area contributed by atoms with E-state index in [1.54, 1.807) is 6.07 Å². The van der Waals surface area contributed by atoms with E-state index in [9.17, 15) is 4.79 Å².